The second kappa shape index (κ2) is 6.95. The van der Waals surface area contributed by atoms with Crippen LogP contribution in [0.15, 0.2) is 36.4 Å². The van der Waals surface area contributed by atoms with Crippen molar-refractivity contribution in [2.45, 2.75) is 12.0 Å². The Kier molecular flexibility index (Phi) is 5.47. The zero-order valence-corrected chi connectivity index (χ0v) is 13.1. The molecule has 21 heavy (non-hydrogen) atoms. The second-order valence-corrected chi connectivity index (χ2v) is 5.84. The molecule has 0 aromatic heterocycles. The molecule has 112 valence electrons. The predicted octanol–water partition coefficient (Wildman–Crippen LogP) is 4.56. The van der Waals surface area contributed by atoms with Gasteiger partial charge in [0.15, 0.2) is 0 Å². The summed E-state index contributed by atoms with van der Waals surface area (Å²) in [5.41, 5.74) is 6.34. The SMILES string of the molecule is NCC(c1ccc(Cl)cc1Cl)C(O)c1c(F)cccc1Cl. The van der Waals surface area contributed by atoms with E-state index in [1.807, 2.05) is 0 Å². The van der Waals surface area contributed by atoms with E-state index in [0.717, 1.165) is 0 Å². The molecule has 0 spiro atoms. The van der Waals surface area contributed by atoms with E-state index in [4.69, 9.17) is 40.5 Å². The first kappa shape index (κ1) is 16.5. The molecule has 2 aromatic rings. The lowest BCUT2D eigenvalue weighted by Crippen LogP contribution is -2.21. The van der Waals surface area contributed by atoms with E-state index in [9.17, 15) is 9.50 Å². The minimum Gasteiger partial charge on any atom is -0.388 e. The average Bonchev–Trinajstić information content (AvgIpc) is 2.41. The standard InChI is InChI=1S/C15H13Cl3FNO/c16-8-4-5-9(12(18)6-8)10(7-20)15(21)14-11(17)2-1-3-13(14)19/h1-6,10,15,21H,7,20H2. The van der Waals surface area contributed by atoms with Crippen molar-refractivity contribution in [1.82, 2.24) is 0 Å². The summed E-state index contributed by atoms with van der Waals surface area (Å²) < 4.78 is 13.9. The summed E-state index contributed by atoms with van der Waals surface area (Å²) in [4.78, 5) is 0. The Morgan fingerprint density at radius 2 is 1.81 bits per heavy atom. The minimum atomic E-state index is -1.21. The Morgan fingerprint density at radius 1 is 1.10 bits per heavy atom. The quantitative estimate of drug-likeness (QED) is 0.850. The lowest BCUT2D eigenvalue weighted by atomic mass is 9.89. The first-order chi connectivity index (χ1) is 9.95. The Labute approximate surface area is 137 Å². The zero-order chi connectivity index (χ0) is 15.6. The Morgan fingerprint density at radius 3 is 2.38 bits per heavy atom. The van der Waals surface area contributed by atoms with E-state index >= 15 is 0 Å². The first-order valence-electron chi connectivity index (χ1n) is 6.22. The molecule has 0 saturated heterocycles. The molecule has 2 atom stereocenters. The van der Waals surface area contributed by atoms with Gasteiger partial charge in [-0.05, 0) is 29.8 Å². The molecule has 6 heteroatoms. The highest BCUT2D eigenvalue weighted by Crippen LogP contribution is 2.38. The van der Waals surface area contributed by atoms with Crippen LogP contribution in [0.25, 0.3) is 0 Å². The van der Waals surface area contributed by atoms with Gasteiger partial charge in [0, 0.05) is 33.1 Å². The number of aliphatic hydroxyl groups is 1. The molecule has 0 radical (unpaired) electrons. The highest BCUT2D eigenvalue weighted by Gasteiger charge is 2.27. The van der Waals surface area contributed by atoms with Crippen molar-refractivity contribution in [1.29, 1.82) is 0 Å². The Balaban J connectivity index is 2.46. The lowest BCUT2D eigenvalue weighted by Gasteiger charge is -2.24. The van der Waals surface area contributed by atoms with Gasteiger partial charge in [-0.2, -0.15) is 0 Å². The van der Waals surface area contributed by atoms with Crippen LogP contribution in [0.4, 0.5) is 4.39 Å². The van der Waals surface area contributed by atoms with Crippen LogP contribution in [-0.4, -0.2) is 11.7 Å². The van der Waals surface area contributed by atoms with E-state index in [1.54, 1.807) is 18.2 Å². The van der Waals surface area contributed by atoms with Crippen molar-refractivity contribution in [2.24, 2.45) is 5.73 Å². The van der Waals surface area contributed by atoms with E-state index < -0.39 is 17.8 Å². The van der Waals surface area contributed by atoms with Crippen LogP contribution >= 0.6 is 34.8 Å². The molecule has 2 aromatic carbocycles. The molecule has 0 saturated carbocycles. The van der Waals surface area contributed by atoms with Gasteiger partial charge in [-0.3, -0.25) is 0 Å². The molecular formula is C15H13Cl3FNO. The van der Waals surface area contributed by atoms with Crippen LogP contribution in [0.2, 0.25) is 15.1 Å². The van der Waals surface area contributed by atoms with E-state index in [-0.39, 0.29) is 17.1 Å². The number of benzene rings is 2. The molecule has 0 aliphatic heterocycles. The van der Waals surface area contributed by atoms with Gasteiger partial charge in [0.1, 0.15) is 5.82 Å². The Hall–Kier alpha value is -0.840. The fourth-order valence-electron chi connectivity index (χ4n) is 2.22. The summed E-state index contributed by atoms with van der Waals surface area (Å²) in [6, 6.07) is 9.08. The van der Waals surface area contributed by atoms with Crippen molar-refractivity contribution in [3.63, 3.8) is 0 Å². The maximum Gasteiger partial charge on any atom is 0.130 e. The van der Waals surface area contributed by atoms with E-state index in [1.165, 1.54) is 18.2 Å². The van der Waals surface area contributed by atoms with Crippen LogP contribution in [-0.2, 0) is 0 Å². The van der Waals surface area contributed by atoms with Crippen molar-refractivity contribution in [2.75, 3.05) is 6.54 Å². The van der Waals surface area contributed by atoms with E-state index in [2.05, 4.69) is 0 Å². The van der Waals surface area contributed by atoms with Gasteiger partial charge in [0.2, 0.25) is 0 Å². The van der Waals surface area contributed by atoms with Gasteiger partial charge >= 0.3 is 0 Å². The third-order valence-electron chi connectivity index (χ3n) is 3.29. The van der Waals surface area contributed by atoms with Crippen molar-refractivity contribution >= 4 is 34.8 Å². The summed E-state index contributed by atoms with van der Waals surface area (Å²) in [6.07, 6.45) is -1.21. The second-order valence-electron chi connectivity index (χ2n) is 4.59. The van der Waals surface area contributed by atoms with E-state index in [0.29, 0.717) is 15.6 Å². The summed E-state index contributed by atoms with van der Waals surface area (Å²) >= 11 is 18.0. The molecule has 0 fully saturated rings. The molecule has 3 N–H and O–H groups in total. The highest BCUT2D eigenvalue weighted by molar-refractivity contribution is 6.35. The normalized spacial score (nSPS) is 14.0. The van der Waals surface area contributed by atoms with Gasteiger partial charge in [-0.1, -0.05) is 46.9 Å². The van der Waals surface area contributed by atoms with Crippen LogP contribution in [0.3, 0.4) is 0 Å². The Bertz CT molecular complexity index is 631. The number of halogens is 4. The smallest absolute Gasteiger partial charge is 0.130 e. The molecule has 0 amide bonds. The fourth-order valence-corrected chi connectivity index (χ4v) is 3.05. The van der Waals surface area contributed by atoms with Gasteiger partial charge in [0.05, 0.1) is 6.10 Å². The molecule has 0 heterocycles. The molecule has 0 aliphatic carbocycles. The fraction of sp³-hybridized carbons (Fsp3) is 0.200. The van der Waals surface area contributed by atoms with Crippen LogP contribution < -0.4 is 5.73 Å². The molecule has 2 nitrogen and oxygen atoms in total. The van der Waals surface area contributed by atoms with Gasteiger partial charge in [0.25, 0.3) is 0 Å². The number of nitrogens with two attached hydrogens (primary N) is 1. The number of aliphatic hydroxyl groups excluding tert-OH is 1. The summed E-state index contributed by atoms with van der Waals surface area (Å²) in [5, 5.41) is 11.5. The molecule has 2 unspecified atom stereocenters. The maximum atomic E-state index is 13.9. The summed E-state index contributed by atoms with van der Waals surface area (Å²) in [6.45, 7) is 0.0766. The number of rotatable bonds is 4. The molecular weight excluding hydrogens is 336 g/mol. The molecule has 2 rings (SSSR count). The third-order valence-corrected chi connectivity index (χ3v) is 4.18. The average molecular weight is 349 g/mol. The molecule has 0 aliphatic rings. The monoisotopic (exact) mass is 347 g/mol. The minimum absolute atomic E-state index is 0.0145. The largest absolute Gasteiger partial charge is 0.388 e. The zero-order valence-electron chi connectivity index (χ0n) is 10.9. The van der Waals surface area contributed by atoms with Crippen molar-refractivity contribution < 1.29 is 9.50 Å². The maximum absolute atomic E-state index is 13.9. The van der Waals surface area contributed by atoms with Gasteiger partial charge < -0.3 is 10.8 Å². The summed E-state index contributed by atoms with van der Waals surface area (Å²) in [5.74, 6) is -1.18. The topological polar surface area (TPSA) is 46.2 Å². The highest BCUT2D eigenvalue weighted by atomic mass is 35.5. The predicted molar refractivity (Wildman–Crippen MR) is 84.6 cm³/mol. The molecule has 0 bridgehead atoms. The van der Waals surface area contributed by atoms with Crippen molar-refractivity contribution in [3.8, 4) is 0 Å². The summed E-state index contributed by atoms with van der Waals surface area (Å²) in [7, 11) is 0. The van der Waals surface area contributed by atoms with Crippen molar-refractivity contribution in [3.05, 3.63) is 68.4 Å². The first-order valence-corrected chi connectivity index (χ1v) is 7.36. The lowest BCUT2D eigenvalue weighted by molar-refractivity contribution is 0.143. The van der Waals surface area contributed by atoms with Crippen LogP contribution in [0, 0.1) is 5.82 Å². The van der Waals surface area contributed by atoms with Gasteiger partial charge in [-0.25, -0.2) is 4.39 Å². The number of hydrogen-bond acceptors (Lipinski definition) is 2. The van der Waals surface area contributed by atoms with Crippen LogP contribution in [0.5, 0.6) is 0 Å². The third kappa shape index (κ3) is 3.50. The van der Waals surface area contributed by atoms with Crippen LogP contribution in [0.1, 0.15) is 23.1 Å². The number of hydrogen-bond donors (Lipinski definition) is 2. The van der Waals surface area contributed by atoms with Gasteiger partial charge in [-0.15, -0.1) is 0 Å².